The highest BCUT2D eigenvalue weighted by molar-refractivity contribution is 6.09. The number of fused-ring (bicyclic) bond motifs is 2. The summed E-state index contributed by atoms with van der Waals surface area (Å²) in [6.07, 6.45) is 0. The first kappa shape index (κ1) is 20.0. The van der Waals surface area contributed by atoms with Gasteiger partial charge in [-0.25, -0.2) is 0 Å². The number of carbonyl (C=O) groups is 2. The molecule has 0 aliphatic carbocycles. The highest BCUT2D eigenvalue weighted by Gasteiger charge is 2.22. The van der Waals surface area contributed by atoms with Crippen molar-refractivity contribution in [1.82, 2.24) is 4.98 Å². The number of ketones is 1. The molecule has 1 aliphatic heterocycles. The number of aromatic amines is 1. The van der Waals surface area contributed by atoms with Crippen LogP contribution in [0.3, 0.4) is 0 Å². The fourth-order valence-corrected chi connectivity index (χ4v) is 3.82. The molecule has 0 fully saturated rings. The van der Waals surface area contributed by atoms with Crippen molar-refractivity contribution in [2.24, 2.45) is 0 Å². The molecule has 7 nitrogen and oxygen atoms in total. The molecule has 2 heterocycles. The number of rotatable bonds is 7. The van der Waals surface area contributed by atoms with Gasteiger partial charge in [-0.05, 0) is 32.0 Å². The van der Waals surface area contributed by atoms with Crippen LogP contribution in [0, 0.1) is 6.92 Å². The minimum absolute atomic E-state index is 0.0360. The maximum atomic E-state index is 13.0. The van der Waals surface area contributed by atoms with E-state index in [2.05, 4.69) is 10.3 Å². The molecule has 1 amide bonds. The van der Waals surface area contributed by atoms with Gasteiger partial charge in [-0.15, -0.1) is 0 Å². The van der Waals surface area contributed by atoms with E-state index in [4.69, 9.17) is 9.47 Å². The van der Waals surface area contributed by atoms with E-state index in [0.29, 0.717) is 42.5 Å². The average Bonchev–Trinajstić information content (AvgIpc) is 3.08. The molecule has 1 atom stereocenters. The number of ether oxygens (including phenoxy) is 2. The molecule has 1 unspecified atom stereocenters. The second-order valence-corrected chi connectivity index (χ2v) is 7.46. The van der Waals surface area contributed by atoms with Crippen LogP contribution in [0.1, 0.15) is 23.0 Å². The molecule has 0 radical (unpaired) electrons. The molecule has 0 saturated heterocycles. The monoisotopic (exact) mass is 408 g/mol. The zero-order valence-corrected chi connectivity index (χ0v) is 17.2. The van der Waals surface area contributed by atoms with Crippen LogP contribution in [0.5, 0.6) is 11.5 Å². The van der Waals surface area contributed by atoms with E-state index < -0.39 is 0 Å². The Hall–Kier alpha value is -3.32. The predicted molar refractivity (Wildman–Crippen MR) is 115 cm³/mol. The van der Waals surface area contributed by atoms with Crippen LogP contribution < -0.4 is 19.7 Å². The Kier molecular flexibility index (Phi) is 5.72. The molecule has 0 bridgehead atoms. The van der Waals surface area contributed by atoms with Gasteiger partial charge in [-0.1, -0.05) is 18.2 Å². The standard InChI is InChI=1S/C23H25N3O4/c1-3-26(13-19(27)23-15(2)24-18-7-5-4-6-17(18)23)14-22(28)25-16-8-9-20-21(12-16)30-11-10-29-20/h4-9,12,24H,3,10-11,13-14H2,1-2H3,(H,25,28)/p+1. The molecule has 30 heavy (non-hydrogen) atoms. The maximum absolute atomic E-state index is 13.0. The van der Waals surface area contributed by atoms with Gasteiger partial charge in [0.25, 0.3) is 5.91 Å². The Morgan fingerprint density at radius 3 is 2.63 bits per heavy atom. The topological polar surface area (TPSA) is 84.9 Å². The number of carbonyl (C=O) groups excluding carboxylic acids is 2. The van der Waals surface area contributed by atoms with Crippen molar-refractivity contribution in [2.75, 3.05) is 38.2 Å². The smallest absolute Gasteiger partial charge is 0.279 e. The van der Waals surface area contributed by atoms with Crippen LogP contribution in [0.25, 0.3) is 10.9 Å². The fourth-order valence-electron chi connectivity index (χ4n) is 3.82. The molecule has 1 aromatic heterocycles. The number of para-hydroxylation sites is 1. The van der Waals surface area contributed by atoms with Gasteiger partial charge in [0, 0.05) is 28.4 Å². The highest BCUT2D eigenvalue weighted by atomic mass is 16.6. The number of Topliss-reactive ketones (excluding diaryl/α,β-unsaturated/α-hetero) is 1. The summed E-state index contributed by atoms with van der Waals surface area (Å²) in [7, 11) is 0. The lowest BCUT2D eigenvalue weighted by Crippen LogP contribution is -3.13. The summed E-state index contributed by atoms with van der Waals surface area (Å²) in [5.74, 6) is 1.20. The number of nitrogens with one attached hydrogen (secondary N) is 3. The van der Waals surface area contributed by atoms with Crippen molar-refractivity contribution in [3.63, 3.8) is 0 Å². The summed E-state index contributed by atoms with van der Waals surface area (Å²) in [6.45, 7) is 6.04. The number of quaternary nitrogens is 1. The normalized spacial score (nSPS) is 13.8. The van der Waals surface area contributed by atoms with Gasteiger partial charge in [0.05, 0.1) is 12.1 Å². The third-order valence-corrected chi connectivity index (χ3v) is 5.32. The molecule has 4 rings (SSSR count). The van der Waals surface area contributed by atoms with E-state index in [0.717, 1.165) is 21.5 Å². The second-order valence-electron chi connectivity index (χ2n) is 7.46. The maximum Gasteiger partial charge on any atom is 0.279 e. The van der Waals surface area contributed by atoms with Crippen LogP contribution >= 0.6 is 0 Å². The van der Waals surface area contributed by atoms with Crippen LogP contribution in [0.15, 0.2) is 42.5 Å². The number of aromatic nitrogens is 1. The molecule has 3 aromatic rings. The summed E-state index contributed by atoms with van der Waals surface area (Å²) in [5.41, 5.74) is 3.17. The van der Waals surface area contributed by atoms with E-state index >= 15 is 0 Å². The van der Waals surface area contributed by atoms with E-state index in [1.54, 1.807) is 18.2 Å². The lowest BCUT2D eigenvalue weighted by atomic mass is 10.1. The number of H-pyrrole nitrogens is 1. The quantitative estimate of drug-likeness (QED) is 0.522. The summed E-state index contributed by atoms with van der Waals surface area (Å²) in [5, 5.41) is 3.82. The van der Waals surface area contributed by atoms with Gasteiger partial charge >= 0.3 is 0 Å². The van der Waals surface area contributed by atoms with Gasteiger partial charge < -0.3 is 24.7 Å². The third kappa shape index (κ3) is 4.16. The molecule has 1 aliphatic rings. The Labute approximate surface area is 175 Å². The number of hydrogen-bond acceptors (Lipinski definition) is 4. The number of benzene rings is 2. The van der Waals surface area contributed by atoms with Gasteiger partial charge in [0.2, 0.25) is 5.78 Å². The zero-order chi connectivity index (χ0) is 21.1. The predicted octanol–water partition coefficient (Wildman–Crippen LogP) is 1.97. The minimum atomic E-state index is -0.146. The SMILES string of the molecule is CC[NH+](CC(=O)Nc1ccc2c(c1)OCCO2)CC(=O)c1c(C)[nH]c2ccccc12. The first-order valence-electron chi connectivity index (χ1n) is 10.2. The van der Waals surface area contributed by atoms with Crippen LogP contribution in [-0.4, -0.2) is 49.5 Å². The minimum Gasteiger partial charge on any atom is -0.486 e. The first-order valence-corrected chi connectivity index (χ1v) is 10.2. The molecule has 2 aromatic carbocycles. The highest BCUT2D eigenvalue weighted by Crippen LogP contribution is 2.32. The zero-order valence-electron chi connectivity index (χ0n) is 17.2. The van der Waals surface area contributed by atoms with E-state index in [9.17, 15) is 9.59 Å². The lowest BCUT2D eigenvalue weighted by molar-refractivity contribution is -0.881. The van der Waals surface area contributed by atoms with Gasteiger partial charge in [0.1, 0.15) is 19.8 Å². The summed E-state index contributed by atoms with van der Waals surface area (Å²) < 4.78 is 11.1. The Morgan fingerprint density at radius 2 is 1.83 bits per heavy atom. The Balaban J connectivity index is 1.41. The average molecular weight is 408 g/mol. The van der Waals surface area contributed by atoms with Gasteiger partial charge in [0.15, 0.2) is 18.0 Å². The Bertz CT molecular complexity index is 1090. The van der Waals surface area contributed by atoms with Gasteiger partial charge in [-0.2, -0.15) is 0 Å². The number of anilines is 1. The lowest BCUT2D eigenvalue weighted by Gasteiger charge is -2.19. The largest absolute Gasteiger partial charge is 0.486 e. The van der Waals surface area contributed by atoms with Crippen LogP contribution in [0.2, 0.25) is 0 Å². The van der Waals surface area contributed by atoms with Crippen molar-refractivity contribution >= 4 is 28.3 Å². The van der Waals surface area contributed by atoms with Crippen LogP contribution in [-0.2, 0) is 4.79 Å². The summed E-state index contributed by atoms with van der Waals surface area (Å²) >= 11 is 0. The van der Waals surface area contributed by atoms with Gasteiger partial charge in [-0.3, -0.25) is 9.59 Å². The first-order chi connectivity index (χ1) is 14.5. The van der Waals surface area contributed by atoms with Crippen molar-refractivity contribution < 1.29 is 24.0 Å². The van der Waals surface area contributed by atoms with Crippen molar-refractivity contribution in [1.29, 1.82) is 0 Å². The molecule has 156 valence electrons. The number of likely N-dealkylation sites (N-methyl/N-ethyl adjacent to an activating group) is 1. The number of amides is 1. The fraction of sp³-hybridized carbons (Fsp3) is 0.304. The van der Waals surface area contributed by atoms with Crippen molar-refractivity contribution in [3.8, 4) is 11.5 Å². The van der Waals surface area contributed by atoms with Crippen molar-refractivity contribution in [2.45, 2.75) is 13.8 Å². The van der Waals surface area contributed by atoms with E-state index in [-0.39, 0.29) is 24.8 Å². The number of aryl methyl sites for hydroxylation is 1. The summed E-state index contributed by atoms with van der Waals surface area (Å²) in [4.78, 5) is 29.8. The summed E-state index contributed by atoms with van der Waals surface area (Å²) in [6, 6.07) is 13.1. The van der Waals surface area contributed by atoms with E-state index in [1.807, 2.05) is 38.1 Å². The molecule has 7 heteroatoms. The van der Waals surface area contributed by atoms with Crippen LogP contribution in [0.4, 0.5) is 5.69 Å². The third-order valence-electron chi connectivity index (χ3n) is 5.32. The molecule has 0 spiro atoms. The number of hydrogen-bond donors (Lipinski definition) is 3. The molecule has 3 N–H and O–H groups in total. The molecule has 0 saturated carbocycles. The van der Waals surface area contributed by atoms with E-state index in [1.165, 1.54) is 0 Å². The molecular weight excluding hydrogens is 382 g/mol. The Morgan fingerprint density at radius 1 is 1.07 bits per heavy atom. The molecular formula is C23H26N3O4+. The van der Waals surface area contributed by atoms with Crippen molar-refractivity contribution in [3.05, 3.63) is 53.7 Å². The second kappa shape index (κ2) is 8.59.